The molecule has 0 aromatic rings. The van der Waals surface area contributed by atoms with Gasteiger partial charge in [0.05, 0.1) is 0 Å². The second-order valence-electron chi connectivity index (χ2n) is 1.54. The largest absolute Gasteiger partial charge is 2.00 e. The summed E-state index contributed by atoms with van der Waals surface area (Å²) in [4.78, 5) is 0. The molecule has 17 heavy (non-hydrogen) atoms. The van der Waals surface area contributed by atoms with Crippen LogP contribution in [0.15, 0.2) is 0 Å². The quantitative estimate of drug-likeness (QED) is 0.323. The summed E-state index contributed by atoms with van der Waals surface area (Å²) in [6.07, 6.45) is 0. The normalized spacial score (nSPS) is 8.47. The smallest absolute Gasteiger partial charge is 1.00 e. The molecule has 0 aromatic heterocycles. The van der Waals surface area contributed by atoms with E-state index in [9.17, 15) is 0 Å². The second-order valence-corrected chi connectivity index (χ2v) is 4.63. The van der Waals surface area contributed by atoms with E-state index in [1.807, 2.05) is 0 Å². The van der Waals surface area contributed by atoms with Crippen molar-refractivity contribution >= 4 is 17.2 Å². The van der Waals surface area contributed by atoms with Gasteiger partial charge in [-0.3, -0.25) is 0 Å². The molecule has 0 bridgehead atoms. The Bertz CT molecular complexity index is 89.5. The van der Waals surface area contributed by atoms with Crippen LogP contribution in [0.4, 0.5) is 0 Å². The first-order valence-electron chi connectivity index (χ1n) is 3.54. The van der Waals surface area contributed by atoms with Crippen molar-refractivity contribution in [2.24, 2.45) is 0 Å². The van der Waals surface area contributed by atoms with Crippen molar-refractivity contribution in [2.75, 3.05) is 42.7 Å². The molecule has 0 atom stereocenters. The minimum atomic E-state index is -1.05. The summed E-state index contributed by atoms with van der Waals surface area (Å²) < 4.78 is 28.0. The fourth-order valence-corrected chi connectivity index (χ4v) is 1.34. The summed E-state index contributed by atoms with van der Waals surface area (Å²) in [5.41, 5.74) is 0. The third-order valence-corrected chi connectivity index (χ3v) is 2.68. The van der Waals surface area contributed by atoms with E-state index in [1.54, 1.807) is 42.7 Å². The molecule has 0 saturated carbocycles. The molecule has 0 radical (unpaired) electrons. The van der Waals surface area contributed by atoms with Gasteiger partial charge in [-0.25, -0.2) is 0 Å². The summed E-state index contributed by atoms with van der Waals surface area (Å²) in [7, 11) is 7.13. The van der Waals surface area contributed by atoms with Gasteiger partial charge in [-0.15, -0.1) is 0 Å². The van der Waals surface area contributed by atoms with Gasteiger partial charge in [0.15, 0.2) is 0 Å². The third-order valence-electron chi connectivity index (χ3n) is 0.894. The molecular formula is C6H18Cl2O6P2Pd. The molecule has 0 saturated heterocycles. The van der Waals surface area contributed by atoms with Gasteiger partial charge in [-0.2, -0.15) is 0 Å². The van der Waals surface area contributed by atoms with Crippen LogP contribution in [-0.4, -0.2) is 42.7 Å². The van der Waals surface area contributed by atoms with Crippen LogP contribution in [-0.2, 0) is 47.6 Å². The molecular weight excluding hydrogens is 407 g/mol. The molecule has 0 heterocycles. The number of hydrogen-bond acceptors (Lipinski definition) is 6. The van der Waals surface area contributed by atoms with E-state index < -0.39 is 17.2 Å². The van der Waals surface area contributed by atoms with E-state index in [-0.39, 0.29) is 45.2 Å². The van der Waals surface area contributed by atoms with Gasteiger partial charge in [0, 0.05) is 42.7 Å². The van der Waals surface area contributed by atoms with Gasteiger partial charge in [0.2, 0.25) is 0 Å². The maximum absolute atomic E-state index is 4.67. The topological polar surface area (TPSA) is 55.4 Å². The van der Waals surface area contributed by atoms with E-state index in [1.165, 1.54) is 0 Å². The molecule has 0 unspecified atom stereocenters. The molecule has 0 fully saturated rings. The average molecular weight is 425 g/mol. The van der Waals surface area contributed by atoms with Gasteiger partial charge >= 0.3 is 37.6 Å². The molecule has 0 spiro atoms. The molecule has 0 rings (SSSR count). The van der Waals surface area contributed by atoms with Crippen LogP contribution < -0.4 is 24.8 Å². The van der Waals surface area contributed by atoms with Crippen molar-refractivity contribution in [3.8, 4) is 0 Å². The summed E-state index contributed by atoms with van der Waals surface area (Å²) in [5.74, 6) is 0. The van der Waals surface area contributed by atoms with E-state index in [2.05, 4.69) is 27.1 Å². The third kappa shape index (κ3) is 23.4. The Hall–Kier alpha value is 1.86. The van der Waals surface area contributed by atoms with Crippen LogP contribution in [0.25, 0.3) is 0 Å². The van der Waals surface area contributed by atoms with Crippen LogP contribution >= 0.6 is 17.2 Å². The van der Waals surface area contributed by atoms with Crippen molar-refractivity contribution in [2.45, 2.75) is 0 Å². The zero-order valence-corrected chi connectivity index (χ0v) is 15.3. The minimum Gasteiger partial charge on any atom is -1.00 e. The first-order chi connectivity index (χ1) is 6.69. The van der Waals surface area contributed by atoms with Gasteiger partial charge in [-0.05, 0) is 0 Å². The van der Waals surface area contributed by atoms with Gasteiger partial charge < -0.3 is 52.0 Å². The fourth-order valence-electron chi connectivity index (χ4n) is 0.447. The van der Waals surface area contributed by atoms with Crippen molar-refractivity contribution < 1.29 is 72.4 Å². The molecule has 0 aromatic carbocycles. The van der Waals surface area contributed by atoms with E-state index in [4.69, 9.17) is 0 Å². The van der Waals surface area contributed by atoms with E-state index in [0.717, 1.165) is 0 Å². The van der Waals surface area contributed by atoms with Crippen LogP contribution in [0, 0.1) is 0 Å². The Morgan fingerprint density at radius 1 is 0.471 bits per heavy atom. The first-order valence-corrected chi connectivity index (χ1v) is 5.74. The first kappa shape index (κ1) is 31.3. The molecule has 0 aliphatic carbocycles. The van der Waals surface area contributed by atoms with Crippen molar-refractivity contribution in [1.82, 2.24) is 0 Å². The maximum atomic E-state index is 4.67. The summed E-state index contributed by atoms with van der Waals surface area (Å²) in [6, 6.07) is 0. The maximum Gasteiger partial charge on any atom is 2.00 e. The van der Waals surface area contributed by atoms with Crippen molar-refractivity contribution in [3.63, 3.8) is 0 Å². The average Bonchev–Trinajstić information content (AvgIpc) is 2.24. The van der Waals surface area contributed by atoms with Crippen molar-refractivity contribution in [1.29, 1.82) is 0 Å². The number of halogens is 2. The number of rotatable bonds is 6. The Kier molecular flexibility index (Phi) is 48.7. The predicted octanol–water partition coefficient (Wildman–Crippen LogP) is -3.69. The Morgan fingerprint density at radius 2 is 0.588 bits per heavy atom. The fraction of sp³-hybridized carbons (Fsp3) is 1.00. The van der Waals surface area contributed by atoms with Crippen LogP contribution in [0.2, 0.25) is 0 Å². The molecule has 112 valence electrons. The molecule has 0 aliphatic rings. The Labute approximate surface area is 132 Å². The SMILES string of the molecule is COP(OC)OC.COP(OC)OC.[Cl-].[Cl-].[Pd+2]. The van der Waals surface area contributed by atoms with Crippen LogP contribution in [0.3, 0.4) is 0 Å². The second kappa shape index (κ2) is 26.4. The molecule has 6 nitrogen and oxygen atoms in total. The standard InChI is InChI=1S/2C3H9O3P.2ClH.Pd/c2*1-4-7(5-2)6-3;;;/h2*1-3H3;2*1H;/q;;;;+2/p-2. The summed E-state index contributed by atoms with van der Waals surface area (Å²) in [6.45, 7) is 0. The van der Waals surface area contributed by atoms with E-state index in [0.29, 0.717) is 0 Å². The van der Waals surface area contributed by atoms with Gasteiger partial charge in [0.1, 0.15) is 0 Å². The minimum absolute atomic E-state index is 0. The number of hydrogen-bond donors (Lipinski definition) is 0. The van der Waals surface area contributed by atoms with E-state index >= 15 is 0 Å². The van der Waals surface area contributed by atoms with Gasteiger partial charge in [0.25, 0.3) is 0 Å². The zero-order valence-electron chi connectivity index (χ0n) is 10.4. The van der Waals surface area contributed by atoms with Crippen LogP contribution in [0.1, 0.15) is 0 Å². The molecule has 11 heteroatoms. The van der Waals surface area contributed by atoms with Gasteiger partial charge in [-0.1, -0.05) is 0 Å². The monoisotopic (exact) mass is 424 g/mol. The Morgan fingerprint density at radius 3 is 0.588 bits per heavy atom. The Balaban J connectivity index is -0.0000000480. The zero-order chi connectivity index (χ0) is 11.4. The molecule has 0 N–H and O–H groups in total. The summed E-state index contributed by atoms with van der Waals surface area (Å²) in [5, 5.41) is 0. The summed E-state index contributed by atoms with van der Waals surface area (Å²) >= 11 is 0. The van der Waals surface area contributed by atoms with Crippen molar-refractivity contribution in [3.05, 3.63) is 0 Å². The predicted molar refractivity (Wildman–Crippen MR) is 55.9 cm³/mol. The van der Waals surface area contributed by atoms with Crippen LogP contribution in [0.5, 0.6) is 0 Å². The molecule has 0 amide bonds. The molecule has 0 aliphatic heterocycles.